The zero-order valence-corrected chi connectivity index (χ0v) is 8.08. The van der Waals surface area contributed by atoms with Gasteiger partial charge in [-0.15, -0.1) is 0 Å². The monoisotopic (exact) mass is 177 g/mol. The van der Waals surface area contributed by atoms with Crippen LogP contribution in [0.4, 0.5) is 0 Å². The largest absolute Gasteiger partial charge is 0.497 e. The fourth-order valence-corrected chi connectivity index (χ4v) is 1.71. The third-order valence-corrected chi connectivity index (χ3v) is 3.03. The van der Waals surface area contributed by atoms with Gasteiger partial charge in [-0.2, -0.15) is 0 Å². The Balaban J connectivity index is 2.31. The summed E-state index contributed by atoms with van der Waals surface area (Å²) in [5, 5.41) is 0. The van der Waals surface area contributed by atoms with Gasteiger partial charge in [0, 0.05) is 11.5 Å². The summed E-state index contributed by atoms with van der Waals surface area (Å²) in [6.07, 6.45) is 1.08. The van der Waals surface area contributed by atoms with E-state index >= 15 is 0 Å². The highest BCUT2D eigenvalue weighted by Gasteiger charge is 2.48. The molecule has 0 bridgehead atoms. The normalized spacial score (nSPS) is 31.5. The topological polar surface area (TPSA) is 35.2 Å². The molecule has 2 N–H and O–H groups in total. The van der Waals surface area contributed by atoms with Crippen LogP contribution in [-0.4, -0.2) is 13.2 Å². The number of ether oxygens (including phenoxy) is 1. The van der Waals surface area contributed by atoms with Crippen LogP contribution < -0.4 is 10.5 Å². The summed E-state index contributed by atoms with van der Waals surface area (Å²) in [6.45, 7) is 2.20. The van der Waals surface area contributed by atoms with Crippen LogP contribution in [0.5, 0.6) is 5.75 Å². The van der Waals surface area contributed by atoms with Crippen LogP contribution >= 0.6 is 0 Å². The van der Waals surface area contributed by atoms with E-state index in [4.69, 9.17) is 10.5 Å². The van der Waals surface area contributed by atoms with E-state index < -0.39 is 0 Å². The predicted molar refractivity (Wildman–Crippen MR) is 52.9 cm³/mol. The highest BCUT2D eigenvalue weighted by Crippen LogP contribution is 2.46. The molecule has 0 heterocycles. The van der Waals surface area contributed by atoms with Crippen LogP contribution in [0.2, 0.25) is 0 Å². The third-order valence-electron chi connectivity index (χ3n) is 3.03. The first-order valence-electron chi connectivity index (χ1n) is 4.57. The zero-order chi connectivity index (χ0) is 9.47. The molecule has 0 aliphatic heterocycles. The van der Waals surface area contributed by atoms with Gasteiger partial charge in [-0.05, 0) is 24.1 Å². The van der Waals surface area contributed by atoms with E-state index in [9.17, 15) is 0 Å². The highest BCUT2D eigenvalue weighted by molar-refractivity contribution is 5.39. The standard InChI is InChI=1S/C11H15NO/c1-11(7-10(11)12)8-4-3-5-9(6-8)13-2/h3-6,10H,7,12H2,1-2H3. The molecule has 70 valence electrons. The molecule has 1 aromatic rings. The summed E-state index contributed by atoms with van der Waals surface area (Å²) >= 11 is 0. The van der Waals surface area contributed by atoms with E-state index in [1.165, 1.54) is 5.56 Å². The van der Waals surface area contributed by atoms with Crippen molar-refractivity contribution >= 4 is 0 Å². The van der Waals surface area contributed by atoms with Crippen molar-refractivity contribution in [2.24, 2.45) is 5.73 Å². The number of benzene rings is 1. The van der Waals surface area contributed by atoms with Crippen molar-refractivity contribution in [2.45, 2.75) is 24.8 Å². The van der Waals surface area contributed by atoms with Gasteiger partial charge in [-0.1, -0.05) is 19.1 Å². The molecule has 2 atom stereocenters. The van der Waals surface area contributed by atoms with Crippen LogP contribution in [-0.2, 0) is 5.41 Å². The van der Waals surface area contributed by atoms with Crippen LogP contribution in [0, 0.1) is 0 Å². The molecule has 0 saturated heterocycles. The first kappa shape index (κ1) is 8.57. The molecule has 1 fully saturated rings. The number of nitrogens with two attached hydrogens (primary N) is 1. The Kier molecular flexibility index (Phi) is 1.81. The Hall–Kier alpha value is -1.02. The van der Waals surface area contributed by atoms with Crippen LogP contribution in [0.25, 0.3) is 0 Å². The summed E-state index contributed by atoms with van der Waals surface area (Å²) in [6, 6.07) is 8.49. The SMILES string of the molecule is COc1cccc(C2(C)CC2N)c1. The Morgan fingerprint density at radius 1 is 1.54 bits per heavy atom. The lowest BCUT2D eigenvalue weighted by atomic mass is 9.97. The summed E-state index contributed by atoms with van der Waals surface area (Å²) in [7, 11) is 1.69. The molecule has 1 aliphatic rings. The van der Waals surface area contributed by atoms with E-state index in [0.29, 0.717) is 6.04 Å². The molecule has 0 radical (unpaired) electrons. The Bertz CT molecular complexity index is 324. The first-order chi connectivity index (χ1) is 6.16. The van der Waals surface area contributed by atoms with Gasteiger partial charge in [-0.25, -0.2) is 0 Å². The van der Waals surface area contributed by atoms with E-state index in [1.807, 2.05) is 12.1 Å². The Labute approximate surface area is 78.7 Å². The number of hydrogen-bond acceptors (Lipinski definition) is 2. The summed E-state index contributed by atoms with van der Waals surface area (Å²) in [5.41, 5.74) is 7.36. The molecule has 0 amide bonds. The van der Waals surface area contributed by atoms with E-state index in [0.717, 1.165) is 12.2 Å². The van der Waals surface area contributed by atoms with Crippen LogP contribution in [0.1, 0.15) is 18.9 Å². The van der Waals surface area contributed by atoms with Crippen LogP contribution in [0.15, 0.2) is 24.3 Å². The fraction of sp³-hybridized carbons (Fsp3) is 0.455. The molecule has 2 heteroatoms. The van der Waals surface area contributed by atoms with E-state index in [-0.39, 0.29) is 5.41 Å². The van der Waals surface area contributed by atoms with Gasteiger partial charge in [-0.3, -0.25) is 0 Å². The number of hydrogen-bond donors (Lipinski definition) is 1. The molecule has 0 spiro atoms. The molecule has 1 saturated carbocycles. The van der Waals surface area contributed by atoms with Gasteiger partial charge >= 0.3 is 0 Å². The zero-order valence-electron chi connectivity index (χ0n) is 8.08. The molecular formula is C11H15NO. The molecule has 2 nitrogen and oxygen atoms in total. The predicted octanol–water partition coefficient (Wildman–Crippen LogP) is 1.68. The van der Waals surface area contributed by atoms with Crippen molar-refractivity contribution in [1.29, 1.82) is 0 Å². The van der Waals surface area contributed by atoms with Gasteiger partial charge < -0.3 is 10.5 Å². The fourth-order valence-electron chi connectivity index (χ4n) is 1.71. The van der Waals surface area contributed by atoms with Crippen molar-refractivity contribution < 1.29 is 4.74 Å². The van der Waals surface area contributed by atoms with Gasteiger partial charge in [0.25, 0.3) is 0 Å². The average molecular weight is 177 g/mol. The van der Waals surface area contributed by atoms with Crippen molar-refractivity contribution in [3.63, 3.8) is 0 Å². The third kappa shape index (κ3) is 1.31. The lowest BCUT2D eigenvalue weighted by molar-refractivity contribution is 0.413. The van der Waals surface area contributed by atoms with Crippen molar-refractivity contribution in [1.82, 2.24) is 0 Å². The lowest BCUT2D eigenvalue weighted by Crippen LogP contribution is -2.14. The van der Waals surface area contributed by atoms with Crippen LogP contribution in [0.3, 0.4) is 0 Å². The van der Waals surface area contributed by atoms with Gasteiger partial charge in [0.2, 0.25) is 0 Å². The summed E-state index contributed by atoms with van der Waals surface area (Å²) in [4.78, 5) is 0. The average Bonchev–Trinajstić information content (AvgIpc) is 2.77. The minimum absolute atomic E-state index is 0.189. The molecular weight excluding hydrogens is 162 g/mol. The Morgan fingerprint density at radius 2 is 2.23 bits per heavy atom. The number of rotatable bonds is 2. The summed E-state index contributed by atoms with van der Waals surface area (Å²) < 4.78 is 5.17. The van der Waals surface area contributed by atoms with Gasteiger partial charge in [0.05, 0.1) is 7.11 Å². The van der Waals surface area contributed by atoms with Crippen molar-refractivity contribution in [3.05, 3.63) is 29.8 Å². The van der Waals surface area contributed by atoms with E-state index in [1.54, 1.807) is 7.11 Å². The first-order valence-corrected chi connectivity index (χ1v) is 4.57. The summed E-state index contributed by atoms with van der Waals surface area (Å²) in [5.74, 6) is 0.915. The smallest absolute Gasteiger partial charge is 0.119 e. The van der Waals surface area contributed by atoms with E-state index in [2.05, 4.69) is 19.1 Å². The maximum atomic E-state index is 5.88. The van der Waals surface area contributed by atoms with Crippen molar-refractivity contribution in [2.75, 3.05) is 7.11 Å². The molecule has 0 aromatic heterocycles. The molecule has 1 aromatic carbocycles. The second kappa shape index (κ2) is 2.74. The molecule has 2 rings (SSSR count). The van der Waals surface area contributed by atoms with Crippen molar-refractivity contribution in [3.8, 4) is 5.75 Å². The molecule has 1 aliphatic carbocycles. The maximum absolute atomic E-state index is 5.88. The quantitative estimate of drug-likeness (QED) is 0.746. The maximum Gasteiger partial charge on any atom is 0.119 e. The Morgan fingerprint density at radius 3 is 2.77 bits per heavy atom. The minimum Gasteiger partial charge on any atom is -0.497 e. The highest BCUT2D eigenvalue weighted by atomic mass is 16.5. The molecule has 2 unspecified atom stereocenters. The van der Waals surface area contributed by atoms with Gasteiger partial charge in [0.1, 0.15) is 5.75 Å². The van der Waals surface area contributed by atoms with Gasteiger partial charge in [0.15, 0.2) is 0 Å². The second-order valence-electron chi connectivity index (χ2n) is 3.96. The molecule has 13 heavy (non-hydrogen) atoms. The number of methoxy groups -OCH3 is 1. The lowest BCUT2D eigenvalue weighted by Gasteiger charge is -2.11. The minimum atomic E-state index is 0.189. The second-order valence-corrected chi connectivity index (χ2v) is 3.96.